The van der Waals surface area contributed by atoms with E-state index in [9.17, 15) is 25.0 Å². The highest BCUT2D eigenvalue weighted by atomic mass is 16.6. The van der Waals surface area contributed by atoms with E-state index in [0.717, 1.165) is 30.4 Å². The lowest BCUT2D eigenvalue weighted by molar-refractivity contribution is -0.385. The zero-order valence-corrected chi connectivity index (χ0v) is 21.8. The predicted molar refractivity (Wildman–Crippen MR) is 142 cm³/mol. The smallest absolute Gasteiger partial charge is 0.320 e. The molecular formula is C28H29N5O6. The summed E-state index contributed by atoms with van der Waals surface area (Å²) in [5, 5.41) is 30.6. The summed E-state index contributed by atoms with van der Waals surface area (Å²) >= 11 is 0. The van der Waals surface area contributed by atoms with Crippen LogP contribution in [0, 0.1) is 51.8 Å². The summed E-state index contributed by atoms with van der Waals surface area (Å²) in [6, 6.07) is 9.53. The second kappa shape index (κ2) is 9.18. The maximum Gasteiger partial charge on any atom is 0.320 e. The number of amides is 1. The molecule has 4 fully saturated rings. The van der Waals surface area contributed by atoms with Gasteiger partial charge >= 0.3 is 5.69 Å². The first kappa shape index (κ1) is 25.0. The van der Waals surface area contributed by atoms with E-state index in [2.05, 4.69) is 10.4 Å². The number of nitrogens with zero attached hydrogens (tertiary/aromatic N) is 4. The van der Waals surface area contributed by atoms with Gasteiger partial charge in [0.2, 0.25) is 5.69 Å². The topological polar surface area (TPSA) is 142 Å². The molecule has 2 aromatic carbocycles. The molecule has 4 bridgehead atoms. The van der Waals surface area contributed by atoms with E-state index in [1.165, 1.54) is 43.7 Å². The van der Waals surface area contributed by atoms with E-state index in [1.807, 2.05) is 32.0 Å². The van der Waals surface area contributed by atoms with Crippen molar-refractivity contribution in [3.8, 4) is 11.5 Å². The van der Waals surface area contributed by atoms with E-state index < -0.39 is 15.8 Å². The lowest BCUT2D eigenvalue weighted by Crippen LogP contribution is -2.52. The molecule has 11 heteroatoms. The Morgan fingerprint density at radius 1 is 1.00 bits per heavy atom. The molecule has 1 aromatic heterocycles. The molecule has 1 heterocycles. The highest BCUT2D eigenvalue weighted by Crippen LogP contribution is 2.58. The monoisotopic (exact) mass is 531 g/mol. The number of aryl methyl sites for hydroxylation is 2. The van der Waals surface area contributed by atoms with Crippen LogP contribution in [0.25, 0.3) is 0 Å². The Morgan fingerprint density at radius 2 is 1.67 bits per heavy atom. The highest BCUT2D eigenvalue weighted by molar-refractivity contribution is 6.05. The molecule has 0 aliphatic heterocycles. The van der Waals surface area contributed by atoms with Gasteiger partial charge in [0.05, 0.1) is 27.1 Å². The summed E-state index contributed by atoms with van der Waals surface area (Å²) in [5.74, 6) is 1.66. The minimum absolute atomic E-state index is 0.0770. The average Bonchev–Trinajstić information content (AvgIpc) is 3.33. The van der Waals surface area contributed by atoms with Crippen LogP contribution in [0.4, 0.5) is 17.1 Å². The number of nitro benzene ring substituents is 1. The summed E-state index contributed by atoms with van der Waals surface area (Å²) < 4.78 is 7.60. The van der Waals surface area contributed by atoms with E-state index >= 15 is 0 Å². The first-order valence-electron chi connectivity index (χ1n) is 13.2. The van der Waals surface area contributed by atoms with Gasteiger partial charge in [0, 0.05) is 12.1 Å². The lowest BCUT2D eigenvalue weighted by atomic mass is 9.53. The third kappa shape index (κ3) is 4.62. The molecule has 0 saturated heterocycles. The third-order valence-corrected chi connectivity index (χ3v) is 8.53. The Hall–Kier alpha value is -4.28. The summed E-state index contributed by atoms with van der Waals surface area (Å²) in [7, 11) is 0. The van der Waals surface area contributed by atoms with Gasteiger partial charge in [0.25, 0.3) is 11.6 Å². The highest BCUT2D eigenvalue weighted by Gasteiger charge is 2.53. The van der Waals surface area contributed by atoms with Crippen molar-refractivity contribution < 1.29 is 19.4 Å². The van der Waals surface area contributed by atoms with Gasteiger partial charge < -0.3 is 10.1 Å². The third-order valence-electron chi connectivity index (χ3n) is 8.53. The van der Waals surface area contributed by atoms with E-state index in [-0.39, 0.29) is 34.0 Å². The van der Waals surface area contributed by atoms with Crippen molar-refractivity contribution in [1.29, 1.82) is 0 Å². The standard InChI is InChI=1S/C28H29N5O6/c1-16-3-4-17(2)25(5-16)39-23-10-21(9-22(11-23)32(35)36)29-27(34)26-24(33(37)38)15-31(30-26)28-12-18-6-19(13-28)8-20(7-18)14-28/h3-5,9-11,15,18-20H,6-8,12-14H2,1-2H3,(H,29,34). The van der Waals surface area contributed by atoms with Crippen LogP contribution in [0.3, 0.4) is 0 Å². The second-order valence-corrected chi connectivity index (χ2v) is 11.5. The van der Waals surface area contributed by atoms with Crippen molar-refractivity contribution >= 4 is 23.0 Å². The first-order chi connectivity index (χ1) is 18.6. The molecule has 0 spiro atoms. The van der Waals surface area contributed by atoms with Crippen LogP contribution < -0.4 is 10.1 Å². The van der Waals surface area contributed by atoms with Crippen LogP contribution in [0.5, 0.6) is 11.5 Å². The van der Waals surface area contributed by atoms with Crippen LogP contribution >= 0.6 is 0 Å². The number of carbonyl (C=O) groups excluding carboxylic acids is 1. The Balaban J connectivity index is 1.31. The number of non-ortho nitro benzene ring substituents is 1. The van der Waals surface area contributed by atoms with Gasteiger partial charge in [-0.15, -0.1) is 0 Å². The number of aromatic nitrogens is 2. The van der Waals surface area contributed by atoms with Crippen molar-refractivity contribution in [3.05, 3.63) is 79.6 Å². The van der Waals surface area contributed by atoms with Crippen molar-refractivity contribution in [2.45, 2.75) is 57.9 Å². The van der Waals surface area contributed by atoms with E-state index in [0.29, 0.717) is 23.5 Å². The SMILES string of the molecule is Cc1ccc(C)c(Oc2cc(NC(=O)c3nn(C45CC6CC(CC(C6)C4)C5)cc3[N+](=O)[O-])cc([N+](=O)[O-])c2)c1. The summed E-state index contributed by atoms with van der Waals surface area (Å²) in [6.45, 7) is 3.76. The second-order valence-electron chi connectivity index (χ2n) is 11.5. The fourth-order valence-electron chi connectivity index (χ4n) is 7.20. The van der Waals surface area contributed by atoms with Crippen molar-refractivity contribution in [2.75, 3.05) is 5.32 Å². The minimum Gasteiger partial charge on any atom is -0.457 e. The first-order valence-corrected chi connectivity index (χ1v) is 13.2. The van der Waals surface area contributed by atoms with Gasteiger partial charge in [-0.25, -0.2) is 0 Å². The molecule has 1 N–H and O–H groups in total. The van der Waals surface area contributed by atoms with E-state index in [4.69, 9.17) is 4.74 Å². The molecule has 4 saturated carbocycles. The normalized spacial score (nSPS) is 24.9. The predicted octanol–water partition coefficient (Wildman–Crippen LogP) is 6.29. The number of rotatable bonds is 7. The minimum atomic E-state index is -0.802. The fraction of sp³-hybridized carbons (Fsp3) is 0.429. The van der Waals surface area contributed by atoms with E-state index in [1.54, 1.807) is 4.68 Å². The number of hydrogen-bond acceptors (Lipinski definition) is 7. The summed E-state index contributed by atoms with van der Waals surface area (Å²) in [6.07, 6.45) is 7.76. The van der Waals surface area contributed by atoms with Crippen molar-refractivity contribution in [1.82, 2.24) is 9.78 Å². The molecule has 202 valence electrons. The van der Waals surface area contributed by atoms with Gasteiger partial charge in [0.1, 0.15) is 17.7 Å². The van der Waals surface area contributed by atoms with Gasteiger partial charge in [-0.2, -0.15) is 5.10 Å². The Morgan fingerprint density at radius 3 is 2.28 bits per heavy atom. The fourth-order valence-corrected chi connectivity index (χ4v) is 7.20. The zero-order chi connectivity index (χ0) is 27.5. The van der Waals surface area contributed by atoms with Crippen LogP contribution in [-0.2, 0) is 5.54 Å². The molecule has 39 heavy (non-hydrogen) atoms. The Labute approximate surface area is 224 Å². The average molecular weight is 532 g/mol. The largest absolute Gasteiger partial charge is 0.457 e. The number of ether oxygens (including phenoxy) is 1. The molecule has 7 rings (SSSR count). The van der Waals surface area contributed by atoms with Crippen LogP contribution in [0.2, 0.25) is 0 Å². The summed E-state index contributed by atoms with van der Waals surface area (Å²) in [5.41, 5.74) is 0.602. The van der Waals surface area contributed by atoms with Crippen molar-refractivity contribution in [3.63, 3.8) is 0 Å². The number of anilines is 1. The van der Waals surface area contributed by atoms with Gasteiger partial charge in [-0.1, -0.05) is 12.1 Å². The number of benzene rings is 2. The lowest BCUT2D eigenvalue weighted by Gasteiger charge is -2.56. The number of hydrogen-bond donors (Lipinski definition) is 1. The van der Waals surface area contributed by atoms with Gasteiger partial charge in [-0.3, -0.25) is 29.7 Å². The molecule has 1 amide bonds. The van der Waals surface area contributed by atoms with Crippen LogP contribution in [0.15, 0.2) is 42.6 Å². The molecule has 11 nitrogen and oxygen atoms in total. The van der Waals surface area contributed by atoms with Crippen LogP contribution in [0.1, 0.15) is 60.1 Å². The number of nitro groups is 2. The molecule has 0 radical (unpaired) electrons. The number of carbonyl (C=O) groups is 1. The Kier molecular flexibility index (Phi) is 5.89. The van der Waals surface area contributed by atoms with Gasteiger partial charge in [0.15, 0.2) is 0 Å². The van der Waals surface area contributed by atoms with Crippen LogP contribution in [-0.4, -0.2) is 25.5 Å². The summed E-state index contributed by atoms with van der Waals surface area (Å²) in [4.78, 5) is 35.7. The maximum atomic E-state index is 13.3. The quantitative estimate of drug-likeness (QED) is 0.279. The number of nitrogens with one attached hydrogen (secondary N) is 1. The Bertz CT molecular complexity index is 1480. The molecule has 0 atom stereocenters. The molecule has 4 aliphatic rings. The molecular weight excluding hydrogens is 502 g/mol. The molecule has 4 aliphatic carbocycles. The maximum absolute atomic E-state index is 13.3. The molecule has 3 aromatic rings. The molecule has 0 unspecified atom stereocenters. The zero-order valence-electron chi connectivity index (χ0n) is 21.8. The van der Waals surface area contributed by atoms with Gasteiger partial charge in [-0.05, 0) is 87.3 Å². The van der Waals surface area contributed by atoms with Crippen molar-refractivity contribution in [2.24, 2.45) is 17.8 Å².